The highest BCUT2D eigenvalue weighted by molar-refractivity contribution is 5.84. The minimum atomic E-state index is -0.0192. The standard InChI is InChI=1S/C18H26N2O/c1-12(2)9-16-18(21)20(11-14-7-8-14)17(19-16)15-6-4-5-13(3)10-15/h4-6,10,12,14,16-17,19H,7-9,11H2,1-3H3. The lowest BCUT2D eigenvalue weighted by molar-refractivity contribution is -0.130. The van der Waals surface area contributed by atoms with Crippen molar-refractivity contribution in [1.29, 1.82) is 0 Å². The number of nitrogens with zero attached hydrogens (tertiary/aromatic N) is 1. The van der Waals surface area contributed by atoms with Gasteiger partial charge in [-0.15, -0.1) is 0 Å². The molecule has 0 radical (unpaired) electrons. The number of carbonyl (C=O) groups is 1. The van der Waals surface area contributed by atoms with Crippen molar-refractivity contribution in [3.8, 4) is 0 Å². The van der Waals surface area contributed by atoms with Crippen LogP contribution in [0.2, 0.25) is 0 Å². The fraction of sp³-hybridized carbons (Fsp3) is 0.611. The van der Waals surface area contributed by atoms with Crippen LogP contribution in [0.3, 0.4) is 0 Å². The first-order valence-electron chi connectivity index (χ1n) is 8.17. The van der Waals surface area contributed by atoms with Gasteiger partial charge in [0.25, 0.3) is 0 Å². The molecule has 1 saturated heterocycles. The van der Waals surface area contributed by atoms with Crippen LogP contribution in [-0.2, 0) is 4.79 Å². The minimum absolute atomic E-state index is 0.0192. The lowest BCUT2D eigenvalue weighted by atomic mass is 10.0. The Bertz CT molecular complexity index is 522. The SMILES string of the molecule is Cc1cccc(C2NC(CC(C)C)C(=O)N2CC2CC2)c1. The van der Waals surface area contributed by atoms with Crippen LogP contribution >= 0.6 is 0 Å². The summed E-state index contributed by atoms with van der Waals surface area (Å²) in [6.07, 6.45) is 3.53. The van der Waals surface area contributed by atoms with Gasteiger partial charge in [0.05, 0.1) is 6.04 Å². The summed E-state index contributed by atoms with van der Waals surface area (Å²) in [6, 6.07) is 8.51. The molecule has 2 unspecified atom stereocenters. The van der Waals surface area contributed by atoms with E-state index in [1.165, 1.54) is 24.0 Å². The molecule has 1 saturated carbocycles. The van der Waals surface area contributed by atoms with E-state index >= 15 is 0 Å². The molecule has 1 N–H and O–H groups in total. The average Bonchev–Trinajstić information content (AvgIpc) is 3.19. The van der Waals surface area contributed by atoms with E-state index in [-0.39, 0.29) is 12.2 Å². The molecule has 3 heteroatoms. The largest absolute Gasteiger partial charge is 0.321 e. The molecule has 3 nitrogen and oxygen atoms in total. The Labute approximate surface area is 127 Å². The Hall–Kier alpha value is -1.35. The van der Waals surface area contributed by atoms with Crippen LogP contribution in [0.1, 0.15) is 50.4 Å². The normalized spacial score (nSPS) is 25.9. The number of carbonyl (C=O) groups excluding carboxylic acids is 1. The topological polar surface area (TPSA) is 32.3 Å². The van der Waals surface area contributed by atoms with Crippen LogP contribution in [0.4, 0.5) is 0 Å². The predicted molar refractivity (Wildman–Crippen MR) is 84.7 cm³/mol. The molecular formula is C18H26N2O. The quantitative estimate of drug-likeness (QED) is 0.901. The first-order chi connectivity index (χ1) is 10.0. The molecule has 3 rings (SSSR count). The summed E-state index contributed by atoms with van der Waals surface area (Å²) in [5.74, 6) is 1.55. The van der Waals surface area contributed by atoms with Crippen molar-refractivity contribution in [2.24, 2.45) is 11.8 Å². The van der Waals surface area contributed by atoms with Gasteiger partial charge in [0.15, 0.2) is 0 Å². The number of benzene rings is 1. The van der Waals surface area contributed by atoms with Gasteiger partial charge in [0, 0.05) is 6.54 Å². The van der Waals surface area contributed by atoms with Crippen LogP contribution in [0.25, 0.3) is 0 Å². The van der Waals surface area contributed by atoms with Gasteiger partial charge in [-0.1, -0.05) is 43.7 Å². The van der Waals surface area contributed by atoms with Crippen molar-refractivity contribution < 1.29 is 4.79 Å². The van der Waals surface area contributed by atoms with Crippen molar-refractivity contribution in [3.63, 3.8) is 0 Å². The van der Waals surface area contributed by atoms with Gasteiger partial charge in [0.2, 0.25) is 5.91 Å². The van der Waals surface area contributed by atoms with Crippen molar-refractivity contribution in [2.75, 3.05) is 6.54 Å². The zero-order valence-corrected chi connectivity index (χ0v) is 13.3. The summed E-state index contributed by atoms with van der Waals surface area (Å²) in [7, 11) is 0. The molecule has 114 valence electrons. The van der Waals surface area contributed by atoms with Crippen molar-refractivity contribution >= 4 is 5.91 Å². The molecular weight excluding hydrogens is 260 g/mol. The molecule has 0 spiro atoms. The van der Waals surface area contributed by atoms with E-state index in [0.717, 1.165) is 18.9 Å². The number of amides is 1. The van der Waals surface area contributed by atoms with Crippen LogP contribution in [0, 0.1) is 18.8 Å². The lowest BCUT2D eigenvalue weighted by Crippen LogP contribution is -2.33. The monoisotopic (exact) mass is 286 g/mol. The maximum Gasteiger partial charge on any atom is 0.241 e. The molecule has 1 amide bonds. The third kappa shape index (κ3) is 3.29. The third-order valence-corrected chi connectivity index (χ3v) is 4.47. The summed E-state index contributed by atoms with van der Waals surface area (Å²) in [6.45, 7) is 7.39. The summed E-state index contributed by atoms with van der Waals surface area (Å²) < 4.78 is 0. The molecule has 1 aliphatic heterocycles. The number of hydrogen-bond acceptors (Lipinski definition) is 2. The Balaban J connectivity index is 1.83. The van der Waals surface area contributed by atoms with E-state index in [0.29, 0.717) is 11.8 Å². The van der Waals surface area contributed by atoms with E-state index in [1.807, 2.05) is 0 Å². The van der Waals surface area contributed by atoms with Crippen LogP contribution < -0.4 is 5.32 Å². The number of nitrogens with one attached hydrogen (secondary N) is 1. The van der Waals surface area contributed by atoms with E-state index in [2.05, 4.69) is 55.3 Å². The lowest BCUT2D eigenvalue weighted by Gasteiger charge is -2.24. The van der Waals surface area contributed by atoms with Crippen LogP contribution in [0.15, 0.2) is 24.3 Å². The summed E-state index contributed by atoms with van der Waals surface area (Å²) in [5, 5.41) is 3.58. The number of rotatable bonds is 5. The maximum atomic E-state index is 12.7. The van der Waals surface area contributed by atoms with Crippen LogP contribution in [-0.4, -0.2) is 23.4 Å². The Morgan fingerprint density at radius 1 is 1.33 bits per heavy atom. The zero-order chi connectivity index (χ0) is 15.0. The second-order valence-electron chi connectivity index (χ2n) is 7.10. The van der Waals surface area contributed by atoms with E-state index in [1.54, 1.807) is 0 Å². The highest BCUT2D eigenvalue weighted by atomic mass is 16.2. The summed E-state index contributed by atoms with van der Waals surface area (Å²) >= 11 is 0. The molecule has 1 aromatic carbocycles. The Morgan fingerprint density at radius 2 is 2.10 bits per heavy atom. The fourth-order valence-corrected chi connectivity index (χ4v) is 3.21. The van der Waals surface area contributed by atoms with Gasteiger partial charge in [-0.05, 0) is 43.6 Å². The van der Waals surface area contributed by atoms with Crippen LogP contribution in [0.5, 0.6) is 0 Å². The highest BCUT2D eigenvalue weighted by Crippen LogP contribution is 2.35. The van der Waals surface area contributed by atoms with Gasteiger partial charge in [-0.2, -0.15) is 0 Å². The molecule has 1 aromatic rings. The van der Waals surface area contributed by atoms with Gasteiger partial charge in [-0.3, -0.25) is 10.1 Å². The highest BCUT2D eigenvalue weighted by Gasteiger charge is 2.41. The molecule has 21 heavy (non-hydrogen) atoms. The molecule has 1 aliphatic carbocycles. The number of hydrogen-bond donors (Lipinski definition) is 1. The van der Waals surface area contributed by atoms with Gasteiger partial charge in [-0.25, -0.2) is 0 Å². The predicted octanol–water partition coefficient (Wildman–Crippen LogP) is 3.25. The maximum absolute atomic E-state index is 12.7. The second-order valence-corrected chi connectivity index (χ2v) is 7.10. The van der Waals surface area contributed by atoms with Crippen molar-refractivity contribution in [2.45, 2.75) is 52.2 Å². The molecule has 0 aromatic heterocycles. The minimum Gasteiger partial charge on any atom is -0.321 e. The fourth-order valence-electron chi connectivity index (χ4n) is 3.21. The third-order valence-electron chi connectivity index (χ3n) is 4.47. The van der Waals surface area contributed by atoms with Crippen molar-refractivity contribution in [1.82, 2.24) is 10.2 Å². The van der Waals surface area contributed by atoms with E-state index in [4.69, 9.17) is 0 Å². The van der Waals surface area contributed by atoms with Gasteiger partial charge < -0.3 is 4.90 Å². The smallest absolute Gasteiger partial charge is 0.241 e. The zero-order valence-electron chi connectivity index (χ0n) is 13.3. The van der Waals surface area contributed by atoms with E-state index in [9.17, 15) is 4.79 Å². The summed E-state index contributed by atoms with van der Waals surface area (Å²) in [5.41, 5.74) is 2.47. The Kier molecular flexibility index (Phi) is 4.03. The first kappa shape index (κ1) is 14.6. The second kappa shape index (κ2) is 5.80. The average molecular weight is 286 g/mol. The molecule has 2 fully saturated rings. The summed E-state index contributed by atoms with van der Waals surface area (Å²) in [4.78, 5) is 14.8. The molecule has 2 aliphatic rings. The van der Waals surface area contributed by atoms with E-state index < -0.39 is 0 Å². The molecule has 1 heterocycles. The number of aryl methyl sites for hydroxylation is 1. The first-order valence-corrected chi connectivity index (χ1v) is 8.17. The van der Waals surface area contributed by atoms with Crippen molar-refractivity contribution in [3.05, 3.63) is 35.4 Å². The Morgan fingerprint density at radius 3 is 2.71 bits per heavy atom. The van der Waals surface area contributed by atoms with Gasteiger partial charge >= 0.3 is 0 Å². The molecule has 0 bridgehead atoms. The molecule has 2 atom stereocenters. The van der Waals surface area contributed by atoms with Gasteiger partial charge in [0.1, 0.15) is 6.17 Å².